The van der Waals surface area contributed by atoms with Gasteiger partial charge in [0.05, 0.1) is 17.2 Å². The van der Waals surface area contributed by atoms with Gasteiger partial charge in [-0.3, -0.25) is 4.79 Å². The molecule has 4 heteroatoms. The van der Waals surface area contributed by atoms with Crippen LogP contribution in [0.25, 0.3) is 10.9 Å². The van der Waals surface area contributed by atoms with Crippen LogP contribution in [0, 0.1) is 0 Å². The number of nitrogens with one attached hydrogen (secondary N) is 2. The zero-order chi connectivity index (χ0) is 14.9. The first-order valence-corrected chi connectivity index (χ1v) is 8.35. The second-order valence-corrected chi connectivity index (χ2v) is 6.36. The summed E-state index contributed by atoms with van der Waals surface area (Å²) in [6.45, 7) is 1.43. The van der Waals surface area contributed by atoms with Crippen LogP contribution in [0.1, 0.15) is 47.3 Å². The van der Waals surface area contributed by atoms with Gasteiger partial charge < -0.3 is 15.0 Å². The molecule has 1 aliphatic heterocycles. The zero-order valence-corrected chi connectivity index (χ0v) is 12.8. The van der Waals surface area contributed by atoms with Crippen molar-refractivity contribution < 1.29 is 9.53 Å². The molecule has 0 spiro atoms. The van der Waals surface area contributed by atoms with E-state index in [-0.39, 0.29) is 12.0 Å². The number of fused-ring (bicyclic) bond motifs is 3. The van der Waals surface area contributed by atoms with Crippen LogP contribution in [-0.2, 0) is 17.6 Å². The number of benzene rings is 1. The minimum Gasteiger partial charge on any atom is -0.376 e. The van der Waals surface area contributed by atoms with Crippen molar-refractivity contribution in [3.8, 4) is 0 Å². The van der Waals surface area contributed by atoms with Gasteiger partial charge in [-0.2, -0.15) is 0 Å². The number of hydrogen-bond acceptors (Lipinski definition) is 2. The molecule has 0 unspecified atom stereocenters. The topological polar surface area (TPSA) is 54.1 Å². The van der Waals surface area contributed by atoms with Crippen LogP contribution in [0.5, 0.6) is 0 Å². The highest BCUT2D eigenvalue weighted by Gasteiger charge is 2.21. The Labute approximate surface area is 130 Å². The number of para-hydroxylation sites is 1. The van der Waals surface area contributed by atoms with E-state index in [0.29, 0.717) is 6.54 Å². The molecular weight excluding hydrogens is 276 g/mol. The summed E-state index contributed by atoms with van der Waals surface area (Å²) < 4.78 is 5.57. The standard InChI is InChI=1S/C18H22N2O2/c21-18(19-11-12-5-4-10-22-12)15-8-3-7-14-13-6-1-2-9-16(13)20-17(14)15/h3,7-8,12,20H,1-2,4-6,9-11H2,(H,19,21)/t12-/m1/s1. The van der Waals surface area contributed by atoms with Crippen LogP contribution < -0.4 is 5.32 Å². The molecule has 0 saturated carbocycles. The van der Waals surface area contributed by atoms with Gasteiger partial charge in [0.1, 0.15) is 0 Å². The summed E-state index contributed by atoms with van der Waals surface area (Å²) in [5, 5.41) is 4.25. The molecule has 1 saturated heterocycles. The highest BCUT2D eigenvalue weighted by Crippen LogP contribution is 2.30. The van der Waals surface area contributed by atoms with Gasteiger partial charge in [-0.05, 0) is 50.2 Å². The van der Waals surface area contributed by atoms with E-state index in [2.05, 4.69) is 16.4 Å². The lowest BCUT2D eigenvalue weighted by molar-refractivity contribution is 0.0859. The molecule has 0 radical (unpaired) electrons. The van der Waals surface area contributed by atoms with Crippen molar-refractivity contribution >= 4 is 16.8 Å². The Bertz CT molecular complexity index is 698. The molecule has 1 aromatic carbocycles. The van der Waals surface area contributed by atoms with Crippen molar-refractivity contribution in [1.82, 2.24) is 10.3 Å². The van der Waals surface area contributed by atoms with Crippen molar-refractivity contribution in [2.45, 2.75) is 44.6 Å². The molecule has 1 amide bonds. The molecule has 116 valence electrons. The normalized spacial score (nSPS) is 21.0. The third kappa shape index (κ3) is 2.41. The van der Waals surface area contributed by atoms with E-state index in [1.54, 1.807) is 0 Å². The molecule has 22 heavy (non-hydrogen) atoms. The molecule has 2 heterocycles. The molecule has 1 aromatic heterocycles. The molecule has 2 N–H and O–H groups in total. The summed E-state index contributed by atoms with van der Waals surface area (Å²) in [5.74, 6) is -0.000281. The first kappa shape index (κ1) is 13.8. The number of hydrogen-bond donors (Lipinski definition) is 2. The van der Waals surface area contributed by atoms with Crippen molar-refractivity contribution in [3.63, 3.8) is 0 Å². The van der Waals surface area contributed by atoms with E-state index in [9.17, 15) is 4.79 Å². The fraction of sp³-hybridized carbons (Fsp3) is 0.500. The van der Waals surface area contributed by atoms with Crippen LogP contribution in [0.3, 0.4) is 0 Å². The van der Waals surface area contributed by atoms with E-state index >= 15 is 0 Å². The smallest absolute Gasteiger partial charge is 0.253 e. The summed E-state index contributed by atoms with van der Waals surface area (Å²) in [6.07, 6.45) is 7.02. The van der Waals surface area contributed by atoms with Crippen LogP contribution >= 0.6 is 0 Å². The van der Waals surface area contributed by atoms with Gasteiger partial charge in [0.2, 0.25) is 0 Å². The summed E-state index contributed by atoms with van der Waals surface area (Å²) in [7, 11) is 0. The van der Waals surface area contributed by atoms with Crippen molar-refractivity contribution in [2.24, 2.45) is 0 Å². The van der Waals surface area contributed by atoms with Gasteiger partial charge in [-0.1, -0.05) is 12.1 Å². The molecule has 4 rings (SSSR count). The largest absolute Gasteiger partial charge is 0.376 e. The number of carbonyl (C=O) groups is 1. The van der Waals surface area contributed by atoms with Crippen LogP contribution in [0.4, 0.5) is 0 Å². The summed E-state index contributed by atoms with van der Waals surface area (Å²) in [4.78, 5) is 16.0. The van der Waals surface area contributed by atoms with E-state index in [0.717, 1.165) is 43.4 Å². The summed E-state index contributed by atoms with van der Waals surface area (Å²) in [5.41, 5.74) is 4.49. The third-order valence-electron chi connectivity index (χ3n) is 4.89. The van der Waals surface area contributed by atoms with Crippen molar-refractivity contribution in [1.29, 1.82) is 0 Å². The number of carbonyl (C=O) groups excluding carboxylic acids is 1. The number of rotatable bonds is 3. The molecule has 2 aliphatic rings. The van der Waals surface area contributed by atoms with Gasteiger partial charge in [0, 0.05) is 24.2 Å². The molecular formula is C18H22N2O2. The van der Waals surface area contributed by atoms with Crippen molar-refractivity contribution in [3.05, 3.63) is 35.0 Å². The average Bonchev–Trinajstić information content (AvgIpc) is 3.19. The predicted molar refractivity (Wildman–Crippen MR) is 86.2 cm³/mol. The number of amides is 1. The number of ether oxygens (including phenoxy) is 1. The number of aryl methyl sites for hydroxylation is 2. The average molecular weight is 298 g/mol. The lowest BCUT2D eigenvalue weighted by atomic mass is 9.95. The quantitative estimate of drug-likeness (QED) is 0.915. The van der Waals surface area contributed by atoms with Gasteiger partial charge >= 0.3 is 0 Å². The van der Waals surface area contributed by atoms with E-state index in [1.807, 2.05) is 12.1 Å². The van der Waals surface area contributed by atoms with Gasteiger partial charge in [-0.25, -0.2) is 0 Å². The molecule has 1 atom stereocenters. The Kier molecular flexibility index (Phi) is 3.62. The summed E-state index contributed by atoms with van der Waals surface area (Å²) >= 11 is 0. The first-order valence-electron chi connectivity index (χ1n) is 8.35. The summed E-state index contributed by atoms with van der Waals surface area (Å²) in [6, 6.07) is 6.04. The first-order chi connectivity index (χ1) is 10.8. The second-order valence-electron chi connectivity index (χ2n) is 6.36. The Morgan fingerprint density at radius 2 is 2.18 bits per heavy atom. The molecule has 2 aromatic rings. The minimum atomic E-state index is -0.000281. The Morgan fingerprint density at radius 1 is 1.27 bits per heavy atom. The van der Waals surface area contributed by atoms with E-state index in [1.165, 1.54) is 29.5 Å². The lowest BCUT2D eigenvalue weighted by Gasteiger charge is -2.11. The van der Waals surface area contributed by atoms with Gasteiger partial charge in [0.15, 0.2) is 0 Å². The Hall–Kier alpha value is -1.81. The van der Waals surface area contributed by atoms with Gasteiger partial charge in [0.25, 0.3) is 5.91 Å². The number of H-pyrrole nitrogens is 1. The second kappa shape index (κ2) is 5.76. The highest BCUT2D eigenvalue weighted by molar-refractivity contribution is 6.06. The maximum Gasteiger partial charge on any atom is 0.253 e. The van der Waals surface area contributed by atoms with Crippen LogP contribution in [-0.4, -0.2) is 30.1 Å². The maximum absolute atomic E-state index is 12.5. The number of aromatic nitrogens is 1. The van der Waals surface area contributed by atoms with E-state index in [4.69, 9.17) is 4.74 Å². The van der Waals surface area contributed by atoms with Crippen molar-refractivity contribution in [2.75, 3.05) is 13.2 Å². The highest BCUT2D eigenvalue weighted by atomic mass is 16.5. The molecule has 1 aliphatic carbocycles. The third-order valence-corrected chi connectivity index (χ3v) is 4.89. The SMILES string of the molecule is O=C(NC[C@H]1CCCO1)c1cccc2c3c([nH]c12)CCCC3. The molecule has 1 fully saturated rings. The predicted octanol–water partition coefficient (Wildman–Crippen LogP) is 2.96. The Morgan fingerprint density at radius 3 is 3.05 bits per heavy atom. The minimum absolute atomic E-state index is 0.000281. The fourth-order valence-corrected chi connectivity index (χ4v) is 3.73. The monoisotopic (exact) mass is 298 g/mol. The fourth-order valence-electron chi connectivity index (χ4n) is 3.73. The molecule has 0 bridgehead atoms. The van der Waals surface area contributed by atoms with Crippen LogP contribution in [0.15, 0.2) is 18.2 Å². The number of aromatic amines is 1. The van der Waals surface area contributed by atoms with Crippen LogP contribution in [0.2, 0.25) is 0 Å². The van der Waals surface area contributed by atoms with Gasteiger partial charge in [-0.15, -0.1) is 0 Å². The lowest BCUT2D eigenvalue weighted by Crippen LogP contribution is -2.31. The zero-order valence-electron chi connectivity index (χ0n) is 12.8. The van der Waals surface area contributed by atoms with E-state index < -0.39 is 0 Å². The molecule has 4 nitrogen and oxygen atoms in total. The Balaban J connectivity index is 1.60. The maximum atomic E-state index is 12.5.